The Kier molecular flexibility index (Phi) is 4.88. The Hall–Kier alpha value is -2.24. The van der Waals surface area contributed by atoms with Crippen molar-refractivity contribution in [1.82, 2.24) is 0 Å². The van der Waals surface area contributed by atoms with Crippen molar-refractivity contribution in [3.05, 3.63) is 51.5 Å². The van der Waals surface area contributed by atoms with Crippen LogP contribution in [0.3, 0.4) is 0 Å². The van der Waals surface area contributed by atoms with E-state index in [4.69, 9.17) is 23.2 Å². The third-order valence-electron chi connectivity index (χ3n) is 4.07. The molecule has 1 heterocycles. The monoisotopic (exact) mass is 377 g/mol. The molecule has 0 spiro atoms. The van der Waals surface area contributed by atoms with E-state index in [1.165, 1.54) is 0 Å². The number of anilines is 3. The second-order valence-corrected chi connectivity index (χ2v) is 6.95. The summed E-state index contributed by atoms with van der Waals surface area (Å²) in [6.07, 6.45) is -0.0116. The van der Waals surface area contributed by atoms with E-state index in [9.17, 15) is 9.59 Å². The van der Waals surface area contributed by atoms with Gasteiger partial charge in [-0.15, -0.1) is 0 Å². The number of aryl methyl sites for hydroxylation is 2. The molecule has 0 bridgehead atoms. The average Bonchev–Trinajstić information content (AvgIpc) is 2.49. The predicted octanol–water partition coefficient (Wildman–Crippen LogP) is 4.37. The molecule has 2 aromatic rings. The maximum absolute atomic E-state index is 12.3. The number of carbonyl (C=O) groups excluding carboxylic acids is 2. The number of hydrogen-bond donors (Lipinski definition) is 3. The summed E-state index contributed by atoms with van der Waals surface area (Å²) < 4.78 is 0. The molecule has 3 rings (SSSR count). The summed E-state index contributed by atoms with van der Waals surface area (Å²) in [5.74, 6) is -0.548. The van der Waals surface area contributed by atoms with Crippen LogP contribution in [-0.4, -0.2) is 17.9 Å². The van der Waals surface area contributed by atoms with Crippen LogP contribution in [0.1, 0.15) is 17.5 Å². The number of hydrogen-bond acceptors (Lipinski definition) is 3. The van der Waals surface area contributed by atoms with E-state index in [-0.39, 0.29) is 18.2 Å². The van der Waals surface area contributed by atoms with Crippen molar-refractivity contribution in [2.24, 2.45) is 0 Å². The SMILES string of the molecule is Cc1cc2c(cc1C)N[C@H](CC(=O)Nc1cc(Cl)cc(Cl)c1)C(=O)N2. The van der Waals surface area contributed by atoms with Gasteiger partial charge in [-0.25, -0.2) is 0 Å². The third kappa shape index (κ3) is 4.06. The maximum atomic E-state index is 12.3. The van der Waals surface area contributed by atoms with Crippen molar-refractivity contribution in [2.75, 3.05) is 16.0 Å². The topological polar surface area (TPSA) is 70.2 Å². The van der Waals surface area contributed by atoms with Gasteiger partial charge in [-0.05, 0) is 55.3 Å². The fraction of sp³-hybridized carbons (Fsp3) is 0.222. The quantitative estimate of drug-likeness (QED) is 0.743. The molecule has 2 aromatic carbocycles. The summed E-state index contributed by atoms with van der Waals surface area (Å²) in [5, 5.41) is 9.53. The Morgan fingerprint density at radius 2 is 1.64 bits per heavy atom. The second-order valence-electron chi connectivity index (χ2n) is 6.08. The largest absolute Gasteiger partial charge is 0.372 e. The highest BCUT2D eigenvalue weighted by Crippen LogP contribution is 2.30. The first-order valence-electron chi connectivity index (χ1n) is 7.76. The number of rotatable bonds is 3. The van der Waals surface area contributed by atoms with E-state index < -0.39 is 6.04 Å². The third-order valence-corrected chi connectivity index (χ3v) is 4.51. The zero-order chi connectivity index (χ0) is 18.1. The van der Waals surface area contributed by atoms with Crippen LogP contribution < -0.4 is 16.0 Å². The molecule has 0 aromatic heterocycles. The van der Waals surface area contributed by atoms with Gasteiger partial charge in [0.05, 0.1) is 17.8 Å². The van der Waals surface area contributed by atoms with Gasteiger partial charge in [-0.3, -0.25) is 9.59 Å². The van der Waals surface area contributed by atoms with Gasteiger partial charge in [0.15, 0.2) is 0 Å². The van der Waals surface area contributed by atoms with Gasteiger partial charge in [0.1, 0.15) is 6.04 Å². The normalized spacial score (nSPS) is 15.8. The summed E-state index contributed by atoms with van der Waals surface area (Å²) in [6, 6.07) is 8.01. The number of benzene rings is 2. The molecule has 0 radical (unpaired) electrons. The van der Waals surface area contributed by atoms with Crippen LogP contribution in [0.5, 0.6) is 0 Å². The first-order chi connectivity index (χ1) is 11.8. The summed E-state index contributed by atoms with van der Waals surface area (Å²) in [4.78, 5) is 24.5. The number of halogens is 2. The minimum atomic E-state index is -0.649. The van der Waals surface area contributed by atoms with E-state index >= 15 is 0 Å². The molecule has 1 aliphatic rings. The Balaban J connectivity index is 1.71. The molecule has 5 nitrogen and oxygen atoms in total. The lowest BCUT2D eigenvalue weighted by atomic mass is 10.0. The van der Waals surface area contributed by atoms with Gasteiger partial charge in [0.25, 0.3) is 0 Å². The average molecular weight is 378 g/mol. The highest BCUT2D eigenvalue weighted by molar-refractivity contribution is 6.35. The molecule has 3 N–H and O–H groups in total. The summed E-state index contributed by atoms with van der Waals surface area (Å²) in [7, 11) is 0. The van der Waals surface area contributed by atoms with Crippen molar-refractivity contribution in [3.8, 4) is 0 Å². The maximum Gasteiger partial charge on any atom is 0.247 e. The van der Waals surface area contributed by atoms with Crippen molar-refractivity contribution in [3.63, 3.8) is 0 Å². The smallest absolute Gasteiger partial charge is 0.247 e. The lowest BCUT2D eigenvalue weighted by Crippen LogP contribution is -2.41. The number of nitrogens with one attached hydrogen (secondary N) is 3. The van der Waals surface area contributed by atoms with Crippen LogP contribution in [0, 0.1) is 13.8 Å². The van der Waals surface area contributed by atoms with Crippen LogP contribution in [0.4, 0.5) is 17.1 Å². The van der Waals surface area contributed by atoms with Crippen molar-refractivity contribution in [1.29, 1.82) is 0 Å². The first-order valence-corrected chi connectivity index (χ1v) is 8.52. The van der Waals surface area contributed by atoms with Gasteiger partial charge >= 0.3 is 0 Å². The standard InChI is InChI=1S/C18H17Cl2N3O2/c1-9-3-14-15(4-10(9)2)23-18(25)16(22-14)8-17(24)21-13-6-11(19)5-12(20)7-13/h3-7,16,22H,8H2,1-2H3,(H,21,24)(H,23,25)/t16-/m1/s1. The Morgan fingerprint density at radius 3 is 2.28 bits per heavy atom. The van der Waals surface area contributed by atoms with Crippen molar-refractivity contribution < 1.29 is 9.59 Å². The van der Waals surface area contributed by atoms with Gasteiger partial charge in [-0.2, -0.15) is 0 Å². The lowest BCUT2D eigenvalue weighted by molar-refractivity contribution is -0.122. The highest BCUT2D eigenvalue weighted by atomic mass is 35.5. The molecule has 7 heteroatoms. The molecule has 1 atom stereocenters. The van der Waals surface area contributed by atoms with Crippen LogP contribution >= 0.6 is 23.2 Å². The van der Waals surface area contributed by atoms with E-state index in [0.29, 0.717) is 15.7 Å². The predicted molar refractivity (Wildman–Crippen MR) is 102 cm³/mol. The fourth-order valence-corrected chi connectivity index (χ4v) is 3.21. The minimum absolute atomic E-state index is 0.0116. The Bertz CT molecular complexity index is 847. The van der Waals surface area contributed by atoms with Gasteiger partial charge in [0.2, 0.25) is 11.8 Å². The molecule has 0 saturated heterocycles. The number of carbonyl (C=O) groups is 2. The Labute approximate surface area is 155 Å². The molecule has 1 aliphatic heterocycles. The zero-order valence-electron chi connectivity index (χ0n) is 13.7. The van der Waals surface area contributed by atoms with E-state index in [1.54, 1.807) is 18.2 Å². The fourth-order valence-electron chi connectivity index (χ4n) is 2.68. The Morgan fingerprint density at radius 1 is 1.04 bits per heavy atom. The molecule has 0 aliphatic carbocycles. The van der Waals surface area contributed by atoms with Gasteiger partial charge < -0.3 is 16.0 Å². The molecule has 25 heavy (non-hydrogen) atoms. The molecule has 0 saturated carbocycles. The van der Waals surface area contributed by atoms with Gasteiger partial charge in [-0.1, -0.05) is 23.2 Å². The molecular weight excluding hydrogens is 361 g/mol. The number of fused-ring (bicyclic) bond motifs is 1. The van der Waals surface area contributed by atoms with E-state index in [0.717, 1.165) is 22.5 Å². The first kappa shape index (κ1) is 17.6. The molecular formula is C18H17Cl2N3O2. The van der Waals surface area contributed by atoms with Crippen molar-refractivity contribution in [2.45, 2.75) is 26.3 Å². The van der Waals surface area contributed by atoms with E-state index in [2.05, 4.69) is 16.0 Å². The summed E-state index contributed by atoms with van der Waals surface area (Å²) in [6.45, 7) is 3.98. The molecule has 0 fully saturated rings. The molecule has 0 unspecified atom stereocenters. The molecule has 130 valence electrons. The number of amides is 2. The van der Waals surface area contributed by atoms with Crippen LogP contribution in [-0.2, 0) is 9.59 Å². The van der Waals surface area contributed by atoms with Crippen LogP contribution in [0.2, 0.25) is 10.0 Å². The minimum Gasteiger partial charge on any atom is -0.372 e. The molecule has 2 amide bonds. The lowest BCUT2D eigenvalue weighted by Gasteiger charge is -2.27. The van der Waals surface area contributed by atoms with Gasteiger partial charge in [0, 0.05) is 15.7 Å². The zero-order valence-corrected chi connectivity index (χ0v) is 15.3. The highest BCUT2D eigenvalue weighted by Gasteiger charge is 2.28. The van der Waals surface area contributed by atoms with Crippen molar-refractivity contribution >= 4 is 52.1 Å². The summed E-state index contributed by atoms with van der Waals surface area (Å²) in [5.41, 5.74) is 4.23. The van der Waals surface area contributed by atoms with Crippen LogP contribution in [0.25, 0.3) is 0 Å². The second kappa shape index (κ2) is 6.94. The van der Waals surface area contributed by atoms with Crippen LogP contribution in [0.15, 0.2) is 30.3 Å². The van der Waals surface area contributed by atoms with E-state index in [1.807, 2.05) is 26.0 Å². The summed E-state index contributed by atoms with van der Waals surface area (Å²) >= 11 is 11.8.